The third-order valence-electron chi connectivity index (χ3n) is 4.40. The Hall–Kier alpha value is -2.09. The molecular formula is C15H23N7O. The van der Waals surface area contributed by atoms with Gasteiger partial charge in [0.1, 0.15) is 6.33 Å². The van der Waals surface area contributed by atoms with Gasteiger partial charge in [-0.15, -0.1) is 15.3 Å². The van der Waals surface area contributed by atoms with Gasteiger partial charge in [0.2, 0.25) is 5.95 Å². The summed E-state index contributed by atoms with van der Waals surface area (Å²) in [5, 5.41) is 17.0. The lowest BCUT2D eigenvalue weighted by Gasteiger charge is -2.23. The van der Waals surface area contributed by atoms with Crippen molar-refractivity contribution >= 4 is 5.95 Å². The van der Waals surface area contributed by atoms with Crippen molar-refractivity contribution in [3.8, 4) is 0 Å². The van der Waals surface area contributed by atoms with Gasteiger partial charge in [0.05, 0.1) is 23.5 Å². The van der Waals surface area contributed by atoms with Crippen molar-refractivity contribution in [3.05, 3.63) is 23.5 Å². The maximum absolute atomic E-state index is 5.56. The van der Waals surface area contributed by atoms with E-state index in [0.29, 0.717) is 5.95 Å². The van der Waals surface area contributed by atoms with E-state index in [9.17, 15) is 0 Å². The van der Waals surface area contributed by atoms with Crippen LogP contribution in [-0.4, -0.2) is 49.7 Å². The van der Waals surface area contributed by atoms with Gasteiger partial charge in [-0.2, -0.15) is 5.10 Å². The summed E-state index contributed by atoms with van der Waals surface area (Å²) < 4.78 is 7.49. The first-order valence-electron chi connectivity index (χ1n) is 8.03. The van der Waals surface area contributed by atoms with Crippen LogP contribution in [-0.2, 0) is 24.6 Å². The zero-order chi connectivity index (χ0) is 16.4. The highest BCUT2D eigenvalue weighted by molar-refractivity contribution is 5.36. The molecule has 2 atom stereocenters. The van der Waals surface area contributed by atoms with Gasteiger partial charge in [0, 0.05) is 27.1 Å². The van der Waals surface area contributed by atoms with Gasteiger partial charge in [-0.05, 0) is 12.8 Å². The highest BCUT2D eigenvalue weighted by atomic mass is 16.5. The Bertz CT molecular complexity index is 672. The largest absolute Gasteiger partial charge is 0.380 e. The third kappa shape index (κ3) is 2.90. The van der Waals surface area contributed by atoms with E-state index < -0.39 is 0 Å². The molecule has 1 aliphatic heterocycles. The van der Waals surface area contributed by atoms with E-state index in [1.165, 1.54) is 0 Å². The number of anilines is 1. The summed E-state index contributed by atoms with van der Waals surface area (Å²) in [5.74, 6) is 1.54. The van der Waals surface area contributed by atoms with Crippen LogP contribution in [0, 0.1) is 0 Å². The second-order valence-corrected chi connectivity index (χ2v) is 5.77. The predicted octanol–water partition coefficient (Wildman–Crippen LogP) is 1.09. The molecule has 1 aliphatic rings. The predicted molar refractivity (Wildman–Crippen MR) is 85.1 cm³/mol. The molecule has 0 amide bonds. The topological polar surface area (TPSA) is 81.9 Å². The second kappa shape index (κ2) is 6.57. The minimum atomic E-state index is 0.0476. The van der Waals surface area contributed by atoms with Crippen LogP contribution >= 0.6 is 0 Å². The minimum Gasteiger partial charge on any atom is -0.380 e. The molecule has 0 unspecified atom stereocenters. The molecule has 0 aromatic carbocycles. The number of aromatic nitrogens is 6. The van der Waals surface area contributed by atoms with Crippen molar-refractivity contribution < 1.29 is 4.74 Å². The fourth-order valence-corrected chi connectivity index (χ4v) is 3.08. The van der Waals surface area contributed by atoms with Crippen LogP contribution in [0.25, 0.3) is 0 Å². The molecule has 1 saturated heterocycles. The maximum atomic E-state index is 5.56. The molecular weight excluding hydrogens is 294 g/mol. The van der Waals surface area contributed by atoms with Crippen LogP contribution < -0.4 is 4.90 Å². The molecule has 3 rings (SSSR count). The first-order chi connectivity index (χ1) is 11.2. The Kier molecular flexibility index (Phi) is 4.51. The summed E-state index contributed by atoms with van der Waals surface area (Å²) in [6.45, 7) is 4.89. The molecule has 0 N–H and O–H groups in total. The smallest absolute Gasteiger partial charge is 0.246 e. The van der Waals surface area contributed by atoms with E-state index in [2.05, 4.69) is 39.1 Å². The number of aryl methyl sites for hydroxylation is 3. The lowest BCUT2D eigenvalue weighted by molar-refractivity contribution is 0.118. The zero-order valence-electron chi connectivity index (χ0n) is 14.1. The number of hydrogen-bond acceptors (Lipinski definition) is 7. The molecule has 1 fully saturated rings. The van der Waals surface area contributed by atoms with E-state index in [4.69, 9.17) is 9.72 Å². The maximum Gasteiger partial charge on any atom is 0.246 e. The molecule has 124 valence electrons. The van der Waals surface area contributed by atoms with Gasteiger partial charge in [-0.1, -0.05) is 13.8 Å². The number of ether oxygens (including phenoxy) is 1. The standard InChI is InChI=1S/C15H23N7O/c1-5-11-12(6-2)18-20-15(17-11)22-8-10(23-4)7-13(22)14-19-16-9-21(14)3/h9-10,13H,5-8H2,1-4H3/t10-,13+/m1/s1. The molecule has 0 spiro atoms. The van der Waals surface area contributed by atoms with Crippen molar-refractivity contribution in [2.75, 3.05) is 18.6 Å². The van der Waals surface area contributed by atoms with Crippen molar-refractivity contribution in [2.45, 2.75) is 45.3 Å². The Morgan fingerprint density at radius 2 is 1.96 bits per heavy atom. The quantitative estimate of drug-likeness (QED) is 0.816. The van der Waals surface area contributed by atoms with E-state index in [-0.39, 0.29) is 12.1 Å². The van der Waals surface area contributed by atoms with Crippen LogP contribution in [0.4, 0.5) is 5.95 Å². The van der Waals surface area contributed by atoms with Gasteiger partial charge in [0.25, 0.3) is 0 Å². The van der Waals surface area contributed by atoms with E-state index in [1.54, 1.807) is 13.4 Å². The van der Waals surface area contributed by atoms with Crippen LogP contribution in [0.3, 0.4) is 0 Å². The number of rotatable bonds is 5. The van der Waals surface area contributed by atoms with Gasteiger partial charge in [-0.25, -0.2) is 4.98 Å². The van der Waals surface area contributed by atoms with E-state index >= 15 is 0 Å². The Labute approximate surface area is 135 Å². The Morgan fingerprint density at radius 3 is 2.57 bits per heavy atom. The summed E-state index contributed by atoms with van der Waals surface area (Å²) >= 11 is 0. The second-order valence-electron chi connectivity index (χ2n) is 5.77. The van der Waals surface area contributed by atoms with Gasteiger partial charge in [0.15, 0.2) is 5.82 Å². The van der Waals surface area contributed by atoms with E-state index in [1.807, 2.05) is 11.6 Å². The number of methoxy groups -OCH3 is 1. The highest BCUT2D eigenvalue weighted by Gasteiger charge is 2.37. The summed E-state index contributed by atoms with van der Waals surface area (Å²) in [5.41, 5.74) is 1.98. The normalized spacial score (nSPS) is 21.1. The molecule has 2 aromatic rings. The first kappa shape index (κ1) is 15.8. The minimum absolute atomic E-state index is 0.0476. The third-order valence-corrected chi connectivity index (χ3v) is 4.40. The van der Waals surface area contributed by atoms with Crippen molar-refractivity contribution in [2.24, 2.45) is 7.05 Å². The monoisotopic (exact) mass is 317 g/mol. The SMILES string of the molecule is CCc1nnc(N2C[C@H](OC)C[C@H]2c2nncn2C)nc1CC. The van der Waals surface area contributed by atoms with Crippen LogP contribution in [0.1, 0.15) is 43.5 Å². The molecule has 3 heterocycles. The molecule has 0 aliphatic carbocycles. The Morgan fingerprint density at radius 1 is 1.17 bits per heavy atom. The van der Waals surface area contributed by atoms with Crippen molar-refractivity contribution in [1.29, 1.82) is 0 Å². The van der Waals surface area contributed by atoms with Crippen molar-refractivity contribution in [1.82, 2.24) is 29.9 Å². The molecule has 8 heteroatoms. The van der Waals surface area contributed by atoms with E-state index in [0.717, 1.165) is 43.0 Å². The average Bonchev–Trinajstić information content (AvgIpc) is 3.19. The van der Waals surface area contributed by atoms with Crippen LogP contribution in [0.5, 0.6) is 0 Å². The summed E-state index contributed by atoms with van der Waals surface area (Å²) in [6.07, 6.45) is 4.36. The molecule has 0 saturated carbocycles. The summed E-state index contributed by atoms with van der Waals surface area (Å²) in [4.78, 5) is 6.87. The number of hydrogen-bond donors (Lipinski definition) is 0. The van der Waals surface area contributed by atoms with Crippen LogP contribution in [0.2, 0.25) is 0 Å². The fourth-order valence-electron chi connectivity index (χ4n) is 3.08. The fraction of sp³-hybridized carbons (Fsp3) is 0.667. The Balaban J connectivity index is 1.97. The molecule has 0 bridgehead atoms. The first-order valence-corrected chi connectivity index (χ1v) is 8.03. The van der Waals surface area contributed by atoms with Gasteiger partial charge < -0.3 is 14.2 Å². The van der Waals surface area contributed by atoms with Gasteiger partial charge >= 0.3 is 0 Å². The zero-order valence-corrected chi connectivity index (χ0v) is 14.1. The van der Waals surface area contributed by atoms with Crippen LogP contribution in [0.15, 0.2) is 6.33 Å². The summed E-state index contributed by atoms with van der Waals surface area (Å²) in [6, 6.07) is 0.0476. The molecule has 23 heavy (non-hydrogen) atoms. The highest BCUT2D eigenvalue weighted by Crippen LogP contribution is 2.34. The van der Waals surface area contributed by atoms with Crippen molar-refractivity contribution in [3.63, 3.8) is 0 Å². The lowest BCUT2D eigenvalue weighted by Crippen LogP contribution is -2.29. The molecule has 8 nitrogen and oxygen atoms in total. The molecule has 0 radical (unpaired) electrons. The van der Waals surface area contributed by atoms with Gasteiger partial charge in [-0.3, -0.25) is 0 Å². The summed E-state index contributed by atoms with van der Waals surface area (Å²) in [7, 11) is 3.68. The lowest BCUT2D eigenvalue weighted by atomic mass is 10.2. The molecule has 2 aromatic heterocycles. The number of nitrogens with zero attached hydrogens (tertiary/aromatic N) is 7. The average molecular weight is 317 g/mol.